The molecule has 1 atom stereocenters. The molecule has 188 valence electrons. The van der Waals surface area contributed by atoms with Crippen LogP contribution in [0.25, 0.3) is 0 Å². The van der Waals surface area contributed by atoms with Gasteiger partial charge < -0.3 is 33.9 Å². The fourth-order valence-electron chi connectivity index (χ4n) is 2.22. The van der Waals surface area contributed by atoms with Crippen molar-refractivity contribution in [3.8, 4) is 0 Å². The van der Waals surface area contributed by atoms with Crippen LogP contribution in [0, 0.1) is 0 Å². The van der Waals surface area contributed by atoms with Gasteiger partial charge in [-0.3, -0.25) is 4.74 Å². The summed E-state index contributed by atoms with van der Waals surface area (Å²) in [6.45, 7) is -1.25. The fourth-order valence-corrected chi connectivity index (χ4v) is 2.22. The summed E-state index contributed by atoms with van der Waals surface area (Å²) in [5, 5.41) is 18.0. The third-order valence-electron chi connectivity index (χ3n) is 3.63. The van der Waals surface area contributed by atoms with Gasteiger partial charge in [-0.15, -0.1) is 0 Å². The number of ether oxygens (including phenoxy) is 6. The van der Waals surface area contributed by atoms with Gasteiger partial charge in [0.1, 0.15) is 26.1 Å². The molecule has 0 aromatic rings. The van der Waals surface area contributed by atoms with Crippen molar-refractivity contribution in [1.82, 2.24) is 0 Å². The van der Waals surface area contributed by atoms with Crippen molar-refractivity contribution in [3.63, 3.8) is 0 Å². The minimum absolute atomic E-state index is 0.00571. The molecule has 0 aliphatic rings. The summed E-state index contributed by atoms with van der Waals surface area (Å²) >= 11 is 0. The highest BCUT2D eigenvalue weighted by Crippen LogP contribution is 2.27. The monoisotopic (exact) mass is 468 g/mol. The smallest absolute Gasteiger partial charge is 0.383 e. The minimum Gasteiger partial charge on any atom is -0.394 e. The number of rotatable bonds is 23. The predicted molar refractivity (Wildman–Crippen MR) is 102 cm³/mol. The Morgan fingerprint density at radius 2 is 1.29 bits per heavy atom. The van der Waals surface area contributed by atoms with Crippen molar-refractivity contribution in [2.75, 3.05) is 66.3 Å². The van der Waals surface area contributed by atoms with Gasteiger partial charge >= 0.3 is 12.2 Å². The summed E-state index contributed by atoms with van der Waals surface area (Å²) < 4.78 is 81.4. The second kappa shape index (κ2) is 18.9. The van der Waals surface area contributed by atoms with Gasteiger partial charge in [0.15, 0.2) is 0 Å². The van der Waals surface area contributed by atoms with E-state index in [0.717, 1.165) is 25.7 Å². The third-order valence-corrected chi connectivity index (χ3v) is 3.63. The Labute approximate surface area is 180 Å². The molecule has 0 aromatic carbocycles. The van der Waals surface area contributed by atoms with E-state index in [-0.39, 0.29) is 46.2 Å². The SMILES string of the molecule is CCCCCCCOCC(F)(F)OC(F)(F)COCOCCOCC(O)COCCO. The Morgan fingerprint density at radius 3 is 1.94 bits per heavy atom. The van der Waals surface area contributed by atoms with E-state index in [4.69, 9.17) is 24.1 Å². The van der Waals surface area contributed by atoms with E-state index in [1.165, 1.54) is 0 Å². The fraction of sp³-hybridized carbons (Fsp3) is 1.00. The molecule has 0 saturated carbocycles. The lowest BCUT2D eigenvalue weighted by Gasteiger charge is -2.23. The van der Waals surface area contributed by atoms with E-state index in [1.807, 2.05) is 6.92 Å². The van der Waals surface area contributed by atoms with Crippen LogP contribution in [0.1, 0.15) is 39.0 Å². The lowest BCUT2D eigenvalue weighted by molar-refractivity contribution is -0.395. The molecule has 12 heteroatoms. The average molecular weight is 468 g/mol. The first-order chi connectivity index (χ1) is 14.7. The lowest BCUT2D eigenvalue weighted by atomic mass is 10.2. The van der Waals surface area contributed by atoms with Crippen LogP contribution < -0.4 is 0 Å². The van der Waals surface area contributed by atoms with Crippen LogP contribution in [-0.4, -0.2) is 94.8 Å². The molecule has 0 aliphatic heterocycles. The lowest BCUT2D eigenvalue weighted by Crippen LogP contribution is -2.39. The van der Waals surface area contributed by atoms with E-state index >= 15 is 0 Å². The molecule has 0 saturated heterocycles. The normalized spacial score (nSPS) is 13.6. The van der Waals surface area contributed by atoms with Crippen LogP contribution >= 0.6 is 0 Å². The zero-order chi connectivity index (χ0) is 23.4. The van der Waals surface area contributed by atoms with Gasteiger partial charge in [-0.25, -0.2) is 0 Å². The second-order valence-electron chi connectivity index (χ2n) is 6.75. The Bertz CT molecular complexity index is 405. The Kier molecular flexibility index (Phi) is 18.6. The molecule has 0 heterocycles. The molecule has 0 aromatic heterocycles. The Hall–Kier alpha value is -0.600. The van der Waals surface area contributed by atoms with Crippen molar-refractivity contribution in [2.45, 2.75) is 57.3 Å². The van der Waals surface area contributed by atoms with Crippen LogP contribution in [-0.2, 0) is 28.4 Å². The molecular formula is C19H36F4O8. The minimum atomic E-state index is -4.22. The number of unbranched alkanes of at least 4 members (excludes halogenated alkanes) is 4. The first-order valence-corrected chi connectivity index (χ1v) is 10.4. The summed E-state index contributed by atoms with van der Waals surface area (Å²) in [6, 6.07) is 0. The third kappa shape index (κ3) is 21.0. The van der Waals surface area contributed by atoms with Gasteiger partial charge in [-0.1, -0.05) is 32.6 Å². The van der Waals surface area contributed by atoms with Crippen molar-refractivity contribution >= 4 is 0 Å². The summed E-state index contributed by atoms with van der Waals surface area (Å²) in [7, 11) is 0. The Morgan fingerprint density at radius 1 is 0.710 bits per heavy atom. The summed E-state index contributed by atoms with van der Waals surface area (Å²) in [4.78, 5) is 0. The van der Waals surface area contributed by atoms with Crippen LogP contribution in [0.5, 0.6) is 0 Å². The molecule has 0 fully saturated rings. The highest BCUT2D eigenvalue weighted by atomic mass is 19.3. The predicted octanol–water partition coefficient (Wildman–Crippen LogP) is 2.55. The topological polar surface area (TPSA) is 95.8 Å². The van der Waals surface area contributed by atoms with Gasteiger partial charge in [-0.2, -0.15) is 17.6 Å². The number of aliphatic hydroxyl groups is 2. The van der Waals surface area contributed by atoms with E-state index in [1.54, 1.807) is 0 Å². The average Bonchev–Trinajstić information content (AvgIpc) is 2.68. The van der Waals surface area contributed by atoms with Gasteiger partial charge in [0, 0.05) is 6.61 Å². The van der Waals surface area contributed by atoms with Gasteiger partial charge in [0.05, 0.1) is 39.6 Å². The summed E-state index contributed by atoms with van der Waals surface area (Å²) in [5.74, 6) is 0. The molecular weight excluding hydrogens is 432 g/mol. The zero-order valence-electron chi connectivity index (χ0n) is 18.0. The van der Waals surface area contributed by atoms with Crippen molar-refractivity contribution in [1.29, 1.82) is 0 Å². The van der Waals surface area contributed by atoms with Crippen LogP contribution in [0.3, 0.4) is 0 Å². The first kappa shape index (κ1) is 30.4. The largest absolute Gasteiger partial charge is 0.394 e. The quantitative estimate of drug-likeness (QED) is 0.134. The maximum atomic E-state index is 13.5. The molecule has 0 aliphatic carbocycles. The maximum absolute atomic E-state index is 13.5. The van der Waals surface area contributed by atoms with Gasteiger partial charge in [0.2, 0.25) is 0 Å². The molecule has 0 radical (unpaired) electrons. The number of aliphatic hydroxyl groups excluding tert-OH is 2. The van der Waals surface area contributed by atoms with Gasteiger partial charge in [-0.05, 0) is 6.42 Å². The summed E-state index contributed by atoms with van der Waals surface area (Å²) in [5.41, 5.74) is 0. The van der Waals surface area contributed by atoms with Crippen LogP contribution in [0.15, 0.2) is 0 Å². The van der Waals surface area contributed by atoms with Crippen LogP contribution in [0.2, 0.25) is 0 Å². The number of hydrogen-bond donors (Lipinski definition) is 2. The highest BCUT2D eigenvalue weighted by molar-refractivity contribution is 4.58. The molecule has 8 nitrogen and oxygen atoms in total. The summed E-state index contributed by atoms with van der Waals surface area (Å²) in [6.07, 6.45) is -4.77. The molecule has 31 heavy (non-hydrogen) atoms. The van der Waals surface area contributed by atoms with Crippen molar-refractivity contribution < 1.29 is 56.2 Å². The van der Waals surface area contributed by atoms with E-state index in [2.05, 4.69) is 9.47 Å². The number of alkyl halides is 4. The molecule has 0 bridgehead atoms. The number of halogens is 4. The standard InChI is InChI=1S/C19H36F4O8/c1-2-3-4-5-6-8-28-14-18(20,21)31-19(22,23)15-30-16-29-11-10-27-13-17(25)12-26-9-7-24/h17,24-25H,2-16H2,1H3. The van der Waals surface area contributed by atoms with Crippen LogP contribution in [0.4, 0.5) is 17.6 Å². The molecule has 0 spiro atoms. The highest BCUT2D eigenvalue weighted by Gasteiger charge is 2.44. The van der Waals surface area contributed by atoms with Gasteiger partial charge in [0.25, 0.3) is 0 Å². The molecule has 0 rings (SSSR count). The van der Waals surface area contributed by atoms with Crippen molar-refractivity contribution in [3.05, 3.63) is 0 Å². The van der Waals surface area contributed by atoms with E-state index in [0.29, 0.717) is 6.42 Å². The molecule has 1 unspecified atom stereocenters. The van der Waals surface area contributed by atoms with Crippen molar-refractivity contribution in [2.24, 2.45) is 0 Å². The first-order valence-electron chi connectivity index (χ1n) is 10.4. The van der Waals surface area contributed by atoms with E-state index in [9.17, 15) is 22.7 Å². The Balaban J connectivity index is 3.71. The molecule has 0 amide bonds. The zero-order valence-corrected chi connectivity index (χ0v) is 18.0. The number of hydrogen-bond acceptors (Lipinski definition) is 8. The molecule has 2 N–H and O–H groups in total. The maximum Gasteiger partial charge on any atom is 0.383 e. The van der Waals surface area contributed by atoms with E-state index < -0.39 is 38.3 Å². The second-order valence-corrected chi connectivity index (χ2v) is 6.75.